The highest BCUT2D eigenvalue weighted by atomic mass is 127. The molecule has 0 saturated heterocycles. The van der Waals surface area contributed by atoms with Gasteiger partial charge in [-0.25, -0.2) is 4.79 Å². The fourth-order valence-corrected chi connectivity index (χ4v) is 3.80. The fraction of sp³-hybridized carbons (Fsp3) is 0.107. The number of alkyl halides is 1. The average molecular weight is 579 g/mol. The fourth-order valence-electron chi connectivity index (χ4n) is 3.58. The van der Waals surface area contributed by atoms with Gasteiger partial charge in [0.15, 0.2) is 6.61 Å². The molecule has 6 nitrogen and oxygen atoms in total. The Labute approximate surface area is 216 Å². The van der Waals surface area contributed by atoms with Gasteiger partial charge in [0, 0.05) is 4.43 Å². The molecular weight excluding hydrogens is 557 g/mol. The second-order valence-corrected chi connectivity index (χ2v) is 8.79. The van der Waals surface area contributed by atoms with Crippen molar-refractivity contribution >= 4 is 34.2 Å². The molecule has 35 heavy (non-hydrogen) atoms. The lowest BCUT2D eigenvalue weighted by atomic mass is 9.93. The largest absolute Gasteiger partial charge is 0.508 e. The Balaban J connectivity index is 1.65. The second kappa shape index (κ2) is 11.6. The summed E-state index contributed by atoms with van der Waals surface area (Å²) in [5.74, 6) is 0.385. The average Bonchev–Trinajstić information content (AvgIpc) is 2.91. The zero-order chi connectivity index (χ0) is 24.6. The molecular formula is C28H22INO5. The Bertz CT molecular complexity index is 1300. The first kappa shape index (κ1) is 24.4. The summed E-state index contributed by atoms with van der Waals surface area (Å²) in [6.45, 7) is 0.234. The first-order valence-electron chi connectivity index (χ1n) is 10.9. The van der Waals surface area contributed by atoms with Crippen LogP contribution in [0.25, 0.3) is 33.4 Å². The number of nitrogens with zero attached hydrogens (tertiary/aromatic N) is 1. The summed E-state index contributed by atoms with van der Waals surface area (Å²) in [5.41, 5.74) is 6.19. The minimum absolute atomic E-state index is 0.137. The van der Waals surface area contributed by atoms with E-state index in [0.29, 0.717) is 18.0 Å². The van der Waals surface area contributed by atoms with Crippen LogP contribution in [-0.2, 0) is 9.53 Å². The maximum atomic E-state index is 11.7. The predicted molar refractivity (Wildman–Crippen MR) is 145 cm³/mol. The topological polar surface area (TPSA) is 85.2 Å². The predicted octanol–water partition coefficient (Wildman–Crippen LogP) is 7.15. The van der Waals surface area contributed by atoms with Gasteiger partial charge < -0.3 is 14.6 Å². The van der Waals surface area contributed by atoms with Crippen LogP contribution >= 0.6 is 22.6 Å². The van der Waals surface area contributed by atoms with E-state index in [0.717, 1.165) is 37.8 Å². The highest BCUT2D eigenvalue weighted by Crippen LogP contribution is 2.34. The molecule has 0 aliphatic heterocycles. The van der Waals surface area contributed by atoms with Gasteiger partial charge in [-0.3, -0.25) is 0 Å². The molecule has 0 heterocycles. The van der Waals surface area contributed by atoms with Crippen molar-refractivity contribution in [3.8, 4) is 44.9 Å². The number of phenols is 1. The van der Waals surface area contributed by atoms with Crippen LogP contribution in [0.2, 0.25) is 0 Å². The maximum absolute atomic E-state index is 11.7. The summed E-state index contributed by atoms with van der Waals surface area (Å²) < 4.78 is 11.3. The van der Waals surface area contributed by atoms with E-state index in [4.69, 9.17) is 9.47 Å². The van der Waals surface area contributed by atoms with Crippen LogP contribution in [0.3, 0.4) is 0 Å². The number of rotatable bonds is 9. The summed E-state index contributed by atoms with van der Waals surface area (Å²) in [4.78, 5) is 22.5. The molecule has 1 N–H and O–H groups in total. The van der Waals surface area contributed by atoms with Crippen molar-refractivity contribution in [1.82, 2.24) is 0 Å². The number of carbonyl (C=O) groups excluding carboxylic acids is 1. The minimum atomic E-state index is -0.396. The van der Waals surface area contributed by atoms with E-state index >= 15 is 0 Å². The molecule has 0 amide bonds. The van der Waals surface area contributed by atoms with Gasteiger partial charge >= 0.3 is 5.97 Å². The number of nitroso groups, excluding NO2 is 1. The van der Waals surface area contributed by atoms with Crippen molar-refractivity contribution in [3.63, 3.8) is 0 Å². The molecule has 0 spiro atoms. The van der Waals surface area contributed by atoms with Crippen LogP contribution in [0.4, 0.5) is 5.69 Å². The van der Waals surface area contributed by atoms with Gasteiger partial charge in [0.1, 0.15) is 23.8 Å². The molecule has 176 valence electrons. The third kappa shape index (κ3) is 6.45. The summed E-state index contributed by atoms with van der Waals surface area (Å²) in [5, 5.41) is 12.7. The van der Waals surface area contributed by atoms with Crippen LogP contribution in [0.5, 0.6) is 11.5 Å². The van der Waals surface area contributed by atoms with Gasteiger partial charge in [0.25, 0.3) is 0 Å². The molecule has 7 heteroatoms. The summed E-state index contributed by atoms with van der Waals surface area (Å²) >= 11 is 2.14. The van der Waals surface area contributed by atoms with Crippen molar-refractivity contribution in [2.75, 3.05) is 17.6 Å². The monoisotopic (exact) mass is 579 g/mol. The van der Waals surface area contributed by atoms with Crippen molar-refractivity contribution < 1.29 is 19.4 Å². The van der Waals surface area contributed by atoms with Crippen molar-refractivity contribution in [2.45, 2.75) is 0 Å². The summed E-state index contributed by atoms with van der Waals surface area (Å²) in [6, 6.07) is 27.9. The Hall–Kier alpha value is -3.72. The van der Waals surface area contributed by atoms with E-state index in [1.807, 2.05) is 48.5 Å². The summed E-state index contributed by atoms with van der Waals surface area (Å²) in [6.07, 6.45) is 0. The van der Waals surface area contributed by atoms with E-state index < -0.39 is 5.97 Å². The lowest BCUT2D eigenvalue weighted by molar-refractivity contribution is -0.145. The first-order chi connectivity index (χ1) is 17.1. The smallest absolute Gasteiger partial charge is 0.344 e. The van der Waals surface area contributed by atoms with E-state index in [9.17, 15) is 14.8 Å². The Morgan fingerprint density at radius 2 is 1.23 bits per heavy atom. The van der Waals surface area contributed by atoms with Crippen molar-refractivity contribution in [2.24, 2.45) is 5.18 Å². The van der Waals surface area contributed by atoms with Gasteiger partial charge in [-0.15, -0.1) is 4.91 Å². The van der Waals surface area contributed by atoms with Crippen molar-refractivity contribution in [3.05, 3.63) is 95.9 Å². The van der Waals surface area contributed by atoms with Crippen LogP contribution in [0.15, 0.2) is 96.2 Å². The summed E-state index contributed by atoms with van der Waals surface area (Å²) in [7, 11) is 0. The Morgan fingerprint density at radius 1 is 0.743 bits per heavy atom. The molecule has 0 aromatic heterocycles. The van der Waals surface area contributed by atoms with Crippen LogP contribution in [0, 0.1) is 4.91 Å². The van der Waals surface area contributed by atoms with Crippen LogP contribution in [0.1, 0.15) is 0 Å². The third-order valence-electron chi connectivity index (χ3n) is 5.32. The van der Waals surface area contributed by atoms with Crippen molar-refractivity contribution in [1.29, 1.82) is 0 Å². The lowest BCUT2D eigenvalue weighted by Gasteiger charge is -2.12. The molecule has 0 fully saturated rings. The second-order valence-electron chi connectivity index (χ2n) is 7.71. The van der Waals surface area contributed by atoms with E-state index in [-0.39, 0.29) is 12.4 Å². The molecule has 0 bridgehead atoms. The number of hydrogen-bond acceptors (Lipinski definition) is 6. The molecule has 0 unspecified atom stereocenters. The minimum Gasteiger partial charge on any atom is -0.508 e. The zero-order valence-corrected chi connectivity index (χ0v) is 20.8. The third-order valence-corrected chi connectivity index (χ3v) is 5.76. The molecule has 4 aromatic rings. The number of halogens is 1. The number of ether oxygens (including phenoxy) is 2. The van der Waals surface area contributed by atoms with E-state index in [1.54, 1.807) is 24.3 Å². The number of carbonyl (C=O) groups is 1. The molecule has 4 aromatic carbocycles. The van der Waals surface area contributed by atoms with Gasteiger partial charge in [0.2, 0.25) is 0 Å². The molecule has 0 radical (unpaired) electrons. The number of esters is 1. The number of phenolic OH excluding ortho intramolecular Hbond substituents is 1. The maximum Gasteiger partial charge on any atom is 0.344 e. The van der Waals surface area contributed by atoms with E-state index in [1.165, 1.54) is 0 Å². The van der Waals surface area contributed by atoms with Crippen LogP contribution in [-0.4, -0.2) is 28.7 Å². The molecule has 0 aliphatic carbocycles. The first-order valence-corrected chi connectivity index (χ1v) is 12.4. The van der Waals surface area contributed by atoms with E-state index in [2.05, 4.69) is 46.0 Å². The number of hydrogen-bond donors (Lipinski definition) is 1. The SMILES string of the molecule is O=Nc1ccc(-c2cc(-c3ccc(O)cc3)cc(-c3ccc(OCC(=O)OCCI)cc3)c2)cc1. The quantitative estimate of drug-likeness (QED) is 0.0986. The number of aromatic hydroxyl groups is 1. The highest BCUT2D eigenvalue weighted by Gasteiger charge is 2.09. The molecule has 4 rings (SSSR count). The molecule has 0 atom stereocenters. The zero-order valence-electron chi connectivity index (χ0n) is 18.7. The normalized spacial score (nSPS) is 10.5. The standard InChI is InChI=1S/C28H22INO5/c29-13-14-34-28(32)18-35-27-11-5-21(6-12-27)24-16-22(19-1-7-25(30-33)8-2-19)15-23(17-24)20-3-9-26(31)10-4-20/h1-12,15-17,31H,13-14,18H2. The lowest BCUT2D eigenvalue weighted by Crippen LogP contribution is -2.15. The number of benzene rings is 4. The van der Waals surface area contributed by atoms with Gasteiger partial charge in [-0.05, 0) is 93.2 Å². The Morgan fingerprint density at radius 3 is 1.71 bits per heavy atom. The van der Waals surface area contributed by atoms with Gasteiger partial charge in [-0.1, -0.05) is 59.0 Å². The Kier molecular flexibility index (Phi) is 8.10. The van der Waals surface area contributed by atoms with Gasteiger partial charge in [0.05, 0.1) is 0 Å². The van der Waals surface area contributed by atoms with Crippen LogP contribution < -0.4 is 4.74 Å². The highest BCUT2D eigenvalue weighted by molar-refractivity contribution is 14.1. The molecule has 0 saturated carbocycles. The van der Waals surface area contributed by atoms with Gasteiger partial charge in [-0.2, -0.15) is 0 Å². The molecule has 0 aliphatic rings.